The van der Waals surface area contributed by atoms with E-state index in [1.807, 2.05) is 0 Å². The van der Waals surface area contributed by atoms with Gasteiger partial charge in [0.1, 0.15) is 0 Å². The van der Waals surface area contributed by atoms with E-state index in [1.165, 1.54) is 30.0 Å². The van der Waals surface area contributed by atoms with Gasteiger partial charge in [0, 0.05) is 26.2 Å². The van der Waals surface area contributed by atoms with Gasteiger partial charge in [-0.25, -0.2) is 4.72 Å². The number of hydrogen-bond donors (Lipinski definition) is 2. The summed E-state index contributed by atoms with van der Waals surface area (Å²) in [4.78, 5) is 0. The molecule has 2 rings (SSSR count). The van der Waals surface area contributed by atoms with Gasteiger partial charge in [-0.1, -0.05) is 25.7 Å². The van der Waals surface area contributed by atoms with Crippen molar-refractivity contribution in [3.05, 3.63) is 0 Å². The number of piperidine rings is 1. The van der Waals surface area contributed by atoms with Crippen molar-refractivity contribution in [1.82, 2.24) is 9.03 Å². The summed E-state index contributed by atoms with van der Waals surface area (Å²) >= 11 is 0. The van der Waals surface area contributed by atoms with Crippen LogP contribution in [0.2, 0.25) is 0 Å². The Labute approximate surface area is 116 Å². The Morgan fingerprint density at radius 3 is 2.26 bits per heavy atom. The van der Waals surface area contributed by atoms with Crippen molar-refractivity contribution in [2.24, 2.45) is 11.8 Å². The van der Waals surface area contributed by atoms with E-state index in [4.69, 9.17) is 5.11 Å². The first-order chi connectivity index (χ1) is 9.12. The van der Waals surface area contributed by atoms with Gasteiger partial charge in [-0.3, -0.25) is 0 Å². The molecule has 6 heteroatoms. The third kappa shape index (κ3) is 4.41. The molecular formula is C13H26N2O3S. The number of aliphatic hydroxyl groups excluding tert-OH is 1. The van der Waals surface area contributed by atoms with Crippen LogP contribution in [0.5, 0.6) is 0 Å². The zero-order valence-electron chi connectivity index (χ0n) is 11.6. The molecule has 2 N–H and O–H groups in total. The van der Waals surface area contributed by atoms with E-state index in [0.29, 0.717) is 25.6 Å². The van der Waals surface area contributed by atoms with Crippen molar-refractivity contribution in [1.29, 1.82) is 0 Å². The molecule has 0 aromatic heterocycles. The van der Waals surface area contributed by atoms with Crippen molar-refractivity contribution < 1.29 is 13.5 Å². The highest BCUT2D eigenvalue weighted by Gasteiger charge is 2.27. The Kier molecular flexibility index (Phi) is 5.62. The van der Waals surface area contributed by atoms with Gasteiger partial charge >= 0.3 is 0 Å². The molecule has 1 heterocycles. The predicted octanol–water partition coefficient (Wildman–Crippen LogP) is 1.11. The average Bonchev–Trinajstić information content (AvgIpc) is 2.92. The lowest BCUT2D eigenvalue weighted by atomic mass is 10.00. The van der Waals surface area contributed by atoms with Crippen LogP contribution in [0, 0.1) is 11.8 Å². The van der Waals surface area contributed by atoms with E-state index in [1.54, 1.807) is 0 Å². The molecular weight excluding hydrogens is 264 g/mol. The Bertz CT molecular complexity index is 358. The van der Waals surface area contributed by atoms with E-state index < -0.39 is 10.2 Å². The summed E-state index contributed by atoms with van der Waals surface area (Å²) in [5.41, 5.74) is 0. The van der Waals surface area contributed by atoms with Crippen LogP contribution >= 0.6 is 0 Å². The molecule has 0 unspecified atom stereocenters. The van der Waals surface area contributed by atoms with Crippen molar-refractivity contribution in [2.45, 2.75) is 44.9 Å². The summed E-state index contributed by atoms with van der Waals surface area (Å²) in [6.45, 7) is 1.80. The van der Waals surface area contributed by atoms with Gasteiger partial charge in [0.15, 0.2) is 0 Å². The molecule has 112 valence electrons. The maximum absolute atomic E-state index is 12.1. The lowest BCUT2D eigenvalue weighted by Crippen LogP contribution is -2.45. The van der Waals surface area contributed by atoms with E-state index in [9.17, 15) is 8.42 Å². The van der Waals surface area contributed by atoms with Crippen LogP contribution in [0.1, 0.15) is 44.9 Å². The summed E-state index contributed by atoms with van der Waals surface area (Å²) < 4.78 is 28.5. The van der Waals surface area contributed by atoms with Gasteiger partial charge in [0.25, 0.3) is 10.2 Å². The van der Waals surface area contributed by atoms with Crippen LogP contribution in [0.4, 0.5) is 0 Å². The third-order valence-corrected chi connectivity index (χ3v) is 6.10. The Balaban J connectivity index is 1.72. The zero-order chi connectivity index (χ0) is 13.7. The Morgan fingerprint density at radius 2 is 1.68 bits per heavy atom. The summed E-state index contributed by atoms with van der Waals surface area (Å²) in [5.74, 6) is 0.979. The maximum Gasteiger partial charge on any atom is 0.279 e. The molecule has 19 heavy (non-hydrogen) atoms. The third-order valence-electron chi connectivity index (χ3n) is 4.48. The first-order valence-electron chi connectivity index (χ1n) is 7.47. The fourth-order valence-electron chi connectivity index (χ4n) is 3.11. The molecule has 1 aliphatic heterocycles. The van der Waals surface area contributed by atoms with E-state index >= 15 is 0 Å². The van der Waals surface area contributed by atoms with Gasteiger partial charge in [-0.05, 0) is 31.1 Å². The smallest absolute Gasteiger partial charge is 0.279 e. The topological polar surface area (TPSA) is 69.6 Å². The SMILES string of the molecule is O=S(=O)(NCCC1CCCC1)N1CCC(CO)CC1. The van der Waals surface area contributed by atoms with Crippen LogP contribution in [-0.4, -0.2) is 44.1 Å². The summed E-state index contributed by atoms with van der Waals surface area (Å²) in [6, 6.07) is 0. The lowest BCUT2D eigenvalue weighted by molar-refractivity contribution is 0.169. The molecule has 0 spiro atoms. The van der Waals surface area contributed by atoms with Gasteiger partial charge in [-0.2, -0.15) is 12.7 Å². The summed E-state index contributed by atoms with van der Waals surface area (Å²) in [5, 5.41) is 9.06. The van der Waals surface area contributed by atoms with Gasteiger partial charge in [-0.15, -0.1) is 0 Å². The quantitative estimate of drug-likeness (QED) is 0.770. The standard InChI is InChI=1S/C13H26N2O3S/c16-11-13-6-9-15(10-7-13)19(17,18)14-8-5-12-3-1-2-4-12/h12-14,16H,1-11H2. The number of nitrogens with one attached hydrogen (secondary N) is 1. The number of hydrogen-bond acceptors (Lipinski definition) is 3. The van der Waals surface area contributed by atoms with Crippen molar-refractivity contribution in [2.75, 3.05) is 26.2 Å². The second kappa shape index (κ2) is 7.02. The largest absolute Gasteiger partial charge is 0.396 e. The minimum Gasteiger partial charge on any atom is -0.396 e. The van der Waals surface area contributed by atoms with Crippen LogP contribution in [0.3, 0.4) is 0 Å². The summed E-state index contributed by atoms with van der Waals surface area (Å²) in [7, 11) is -3.30. The second-order valence-corrected chi connectivity index (χ2v) is 7.62. The molecule has 5 nitrogen and oxygen atoms in total. The molecule has 1 aliphatic carbocycles. The summed E-state index contributed by atoms with van der Waals surface area (Å²) in [6.07, 6.45) is 7.60. The fourth-order valence-corrected chi connectivity index (χ4v) is 4.36. The van der Waals surface area contributed by atoms with E-state index in [0.717, 1.165) is 19.3 Å². The van der Waals surface area contributed by atoms with Gasteiger partial charge in [0.05, 0.1) is 0 Å². The Hall–Kier alpha value is -0.170. The average molecular weight is 290 g/mol. The first kappa shape index (κ1) is 15.2. The van der Waals surface area contributed by atoms with Crippen LogP contribution < -0.4 is 4.72 Å². The molecule has 0 bridgehead atoms. The van der Waals surface area contributed by atoms with Crippen LogP contribution in [-0.2, 0) is 10.2 Å². The maximum atomic E-state index is 12.1. The predicted molar refractivity (Wildman–Crippen MR) is 74.9 cm³/mol. The minimum atomic E-state index is -3.30. The zero-order valence-corrected chi connectivity index (χ0v) is 12.4. The van der Waals surface area contributed by atoms with Crippen molar-refractivity contribution in [3.63, 3.8) is 0 Å². The van der Waals surface area contributed by atoms with Crippen molar-refractivity contribution >= 4 is 10.2 Å². The molecule has 2 fully saturated rings. The Morgan fingerprint density at radius 1 is 1.05 bits per heavy atom. The highest BCUT2D eigenvalue weighted by molar-refractivity contribution is 7.87. The van der Waals surface area contributed by atoms with E-state index in [-0.39, 0.29) is 12.5 Å². The fraction of sp³-hybridized carbons (Fsp3) is 1.00. The molecule has 0 aromatic carbocycles. The molecule has 0 amide bonds. The first-order valence-corrected chi connectivity index (χ1v) is 8.91. The number of nitrogens with zero attached hydrogens (tertiary/aromatic N) is 1. The van der Waals surface area contributed by atoms with Crippen LogP contribution in [0.25, 0.3) is 0 Å². The van der Waals surface area contributed by atoms with Crippen LogP contribution in [0.15, 0.2) is 0 Å². The van der Waals surface area contributed by atoms with Gasteiger partial charge in [0.2, 0.25) is 0 Å². The highest BCUT2D eigenvalue weighted by Crippen LogP contribution is 2.27. The minimum absolute atomic E-state index is 0.170. The highest BCUT2D eigenvalue weighted by atomic mass is 32.2. The second-order valence-electron chi connectivity index (χ2n) is 5.86. The van der Waals surface area contributed by atoms with Gasteiger partial charge < -0.3 is 5.11 Å². The molecule has 2 aliphatic rings. The molecule has 0 radical (unpaired) electrons. The van der Waals surface area contributed by atoms with Crippen molar-refractivity contribution in [3.8, 4) is 0 Å². The molecule has 0 atom stereocenters. The molecule has 1 saturated carbocycles. The van der Waals surface area contributed by atoms with E-state index in [2.05, 4.69) is 4.72 Å². The number of aliphatic hydroxyl groups is 1. The lowest BCUT2D eigenvalue weighted by Gasteiger charge is -2.30. The molecule has 0 aromatic rings. The normalized spacial score (nSPS) is 24.1. The molecule has 1 saturated heterocycles. The monoisotopic (exact) mass is 290 g/mol. The number of rotatable bonds is 6.